The molecule has 1 aromatic carbocycles. The summed E-state index contributed by atoms with van der Waals surface area (Å²) in [6.45, 7) is 5.45. The zero-order valence-electron chi connectivity index (χ0n) is 22.0. The number of halogens is 1. The number of hydrogen-bond donors (Lipinski definition) is 3. The van der Waals surface area contributed by atoms with Gasteiger partial charge in [0.1, 0.15) is 11.4 Å². The van der Waals surface area contributed by atoms with E-state index < -0.39 is 37.9 Å². The van der Waals surface area contributed by atoms with Gasteiger partial charge < -0.3 is 15.4 Å². The lowest BCUT2D eigenvalue weighted by atomic mass is 9.96. The molecular weight excluding hydrogens is 531 g/mol. The molecule has 0 amide bonds. The van der Waals surface area contributed by atoms with Crippen molar-refractivity contribution in [1.82, 2.24) is 10.3 Å². The van der Waals surface area contributed by atoms with E-state index in [0.717, 1.165) is 18.4 Å². The van der Waals surface area contributed by atoms with Gasteiger partial charge in [0.25, 0.3) is 0 Å². The molecule has 1 aromatic heterocycles. The van der Waals surface area contributed by atoms with E-state index in [-0.39, 0.29) is 16.7 Å². The largest absolute Gasteiger partial charge is 0.480 e. The van der Waals surface area contributed by atoms with E-state index in [1.807, 2.05) is 0 Å². The Morgan fingerprint density at radius 2 is 1.80 bits per heavy atom. The number of carbonyl (C=O) groups is 2. The van der Waals surface area contributed by atoms with E-state index in [0.29, 0.717) is 48.2 Å². The molecule has 9 heteroatoms. The van der Waals surface area contributed by atoms with Crippen molar-refractivity contribution in [2.24, 2.45) is 0 Å². The highest BCUT2D eigenvalue weighted by Crippen LogP contribution is 2.39. The maximum absolute atomic E-state index is 15.9. The molecule has 2 aromatic rings. The van der Waals surface area contributed by atoms with Crippen molar-refractivity contribution >= 4 is 38.3 Å². The van der Waals surface area contributed by atoms with Gasteiger partial charge in [0.15, 0.2) is 15.6 Å². The summed E-state index contributed by atoms with van der Waals surface area (Å²) in [6.07, 6.45) is 12.5. The van der Waals surface area contributed by atoms with Crippen LogP contribution in [-0.2, 0) is 14.6 Å². The predicted octanol–water partition coefficient (Wildman–Crippen LogP) is 5.90. The first kappa shape index (κ1) is 27.4. The lowest BCUT2D eigenvalue weighted by Crippen LogP contribution is -2.38. The highest BCUT2D eigenvalue weighted by Gasteiger charge is 2.51. The van der Waals surface area contributed by atoms with Crippen molar-refractivity contribution in [1.29, 1.82) is 0 Å². The SMILES string of the molecule is C=C(c1cccc(C(=O)c2c[nH]c3c2C(NC2(C(=O)O)CC2)=C=C(C)C=CC=C3)c1F)S(=O)(=O)C=C1CCCC1. The van der Waals surface area contributed by atoms with E-state index in [2.05, 4.69) is 22.6 Å². The summed E-state index contributed by atoms with van der Waals surface area (Å²) in [5, 5.41) is 14.0. The van der Waals surface area contributed by atoms with Crippen molar-refractivity contribution in [3.8, 4) is 0 Å². The van der Waals surface area contributed by atoms with Crippen LogP contribution in [0.3, 0.4) is 0 Å². The maximum atomic E-state index is 15.9. The lowest BCUT2D eigenvalue weighted by molar-refractivity contribution is -0.140. The molecule has 0 bridgehead atoms. The minimum atomic E-state index is -3.99. The number of rotatable bonds is 8. The number of ketones is 1. The molecule has 0 atom stereocenters. The van der Waals surface area contributed by atoms with Crippen molar-refractivity contribution in [2.45, 2.75) is 51.0 Å². The van der Waals surface area contributed by atoms with Crippen molar-refractivity contribution in [2.75, 3.05) is 0 Å². The van der Waals surface area contributed by atoms with Gasteiger partial charge in [0, 0.05) is 28.4 Å². The first-order chi connectivity index (χ1) is 19.0. The van der Waals surface area contributed by atoms with Crippen LogP contribution in [0.5, 0.6) is 0 Å². The molecule has 0 aliphatic heterocycles. The average molecular weight is 561 g/mol. The molecule has 3 aliphatic rings. The third-order valence-corrected chi connectivity index (χ3v) is 8.98. The summed E-state index contributed by atoms with van der Waals surface area (Å²) < 4.78 is 41.9. The first-order valence-corrected chi connectivity index (χ1v) is 14.6. The number of nitrogens with one attached hydrogen (secondary N) is 2. The van der Waals surface area contributed by atoms with Gasteiger partial charge >= 0.3 is 5.97 Å². The number of carboxylic acids is 1. The van der Waals surface area contributed by atoms with Gasteiger partial charge in [-0.25, -0.2) is 17.6 Å². The number of aliphatic carboxylic acids is 1. The Morgan fingerprint density at radius 1 is 1.12 bits per heavy atom. The number of carboxylic acid groups (broad SMARTS) is 1. The molecule has 40 heavy (non-hydrogen) atoms. The molecule has 0 spiro atoms. The topological polar surface area (TPSA) is 116 Å². The number of benzene rings is 1. The van der Waals surface area contributed by atoms with Gasteiger partial charge in [-0.1, -0.05) is 48.2 Å². The molecule has 206 valence electrons. The van der Waals surface area contributed by atoms with Gasteiger partial charge in [-0.2, -0.15) is 0 Å². The Kier molecular flexibility index (Phi) is 7.12. The number of sulfone groups is 1. The molecule has 3 N–H and O–H groups in total. The molecular formula is C31H29FN2O5S. The number of hydrogen-bond acceptors (Lipinski definition) is 5. The number of carbonyl (C=O) groups excluding carboxylic acids is 1. The van der Waals surface area contributed by atoms with Gasteiger partial charge in [0.05, 0.1) is 21.7 Å². The molecule has 5 rings (SSSR count). The van der Waals surface area contributed by atoms with Gasteiger partial charge in [-0.3, -0.25) is 4.79 Å². The summed E-state index contributed by atoms with van der Waals surface area (Å²) in [5.74, 6) is -2.70. The standard InChI is InChI=1S/C31H29FN2O5S/c1-19-8-3-6-13-25-27(26(16-19)34-31(14-15-31)30(36)37)24(17-33-25)29(35)23-12-7-11-22(28(23)32)20(2)40(38,39)18-21-9-4-5-10-21/h3,6-8,11-13,17-18,33-34H,2,4-5,9-10,14-15H2,1H3,(H,36,37). The van der Waals surface area contributed by atoms with Crippen LogP contribution in [-0.4, -0.2) is 35.8 Å². The number of aromatic nitrogens is 1. The van der Waals surface area contributed by atoms with Crippen LogP contribution in [0.2, 0.25) is 0 Å². The Hall–Kier alpha value is -4.20. The van der Waals surface area contributed by atoms with E-state index >= 15 is 4.39 Å². The number of fused-ring (bicyclic) bond motifs is 1. The molecule has 2 fully saturated rings. The zero-order valence-corrected chi connectivity index (χ0v) is 22.8. The van der Waals surface area contributed by atoms with Crippen LogP contribution < -0.4 is 5.32 Å². The Balaban J connectivity index is 1.58. The quantitative estimate of drug-likeness (QED) is 0.273. The van der Waals surface area contributed by atoms with E-state index in [9.17, 15) is 23.1 Å². The monoisotopic (exact) mass is 560 g/mol. The van der Waals surface area contributed by atoms with Crippen LogP contribution in [0, 0.1) is 5.82 Å². The molecule has 1 heterocycles. The molecule has 0 saturated heterocycles. The van der Waals surface area contributed by atoms with E-state index in [1.165, 1.54) is 29.8 Å². The smallest absolute Gasteiger partial charge is 0.329 e. The normalized spacial score (nSPS) is 17.6. The maximum Gasteiger partial charge on any atom is 0.329 e. The van der Waals surface area contributed by atoms with Gasteiger partial charge in [-0.05, 0) is 63.2 Å². The number of H-pyrrole nitrogens is 1. The second kappa shape index (κ2) is 10.4. The summed E-state index contributed by atoms with van der Waals surface area (Å²) in [4.78, 5) is 28.4. The molecule has 7 nitrogen and oxygen atoms in total. The van der Waals surface area contributed by atoms with Crippen molar-refractivity contribution in [3.05, 3.63) is 105 Å². The highest BCUT2D eigenvalue weighted by molar-refractivity contribution is 8.03. The Bertz CT molecular complexity index is 1700. The lowest BCUT2D eigenvalue weighted by Gasteiger charge is -2.17. The van der Waals surface area contributed by atoms with E-state index in [1.54, 1.807) is 31.2 Å². The number of allylic oxidation sites excluding steroid dienone is 5. The third kappa shape index (κ3) is 5.18. The fourth-order valence-electron chi connectivity index (χ4n) is 4.98. The fourth-order valence-corrected chi connectivity index (χ4v) is 6.26. The minimum Gasteiger partial charge on any atom is -0.480 e. The first-order valence-electron chi connectivity index (χ1n) is 13.0. The summed E-state index contributed by atoms with van der Waals surface area (Å²) in [7, 11) is -3.99. The van der Waals surface area contributed by atoms with Crippen LogP contribution in [0.25, 0.3) is 16.7 Å². The molecule has 0 unspecified atom stereocenters. The second-order valence-corrected chi connectivity index (χ2v) is 12.2. The van der Waals surface area contributed by atoms with Crippen molar-refractivity contribution < 1.29 is 27.5 Å². The summed E-state index contributed by atoms with van der Waals surface area (Å²) in [5.41, 5.74) is 4.08. The molecule has 3 aliphatic carbocycles. The van der Waals surface area contributed by atoms with Crippen LogP contribution in [0.1, 0.15) is 78.2 Å². The summed E-state index contributed by atoms with van der Waals surface area (Å²) >= 11 is 0. The predicted molar refractivity (Wildman–Crippen MR) is 152 cm³/mol. The third-order valence-electron chi connectivity index (χ3n) is 7.43. The second-order valence-electron chi connectivity index (χ2n) is 10.4. The Labute approximate surface area is 232 Å². The highest BCUT2D eigenvalue weighted by atomic mass is 32.2. The minimum absolute atomic E-state index is 0.0862. The molecule has 0 radical (unpaired) electrons. The van der Waals surface area contributed by atoms with Crippen LogP contribution in [0.4, 0.5) is 4.39 Å². The summed E-state index contributed by atoms with van der Waals surface area (Å²) in [6, 6.07) is 4.01. The zero-order chi connectivity index (χ0) is 28.7. The molecule has 2 saturated carbocycles. The Morgan fingerprint density at radius 3 is 2.48 bits per heavy atom. The van der Waals surface area contributed by atoms with Gasteiger partial charge in [0.2, 0.25) is 0 Å². The van der Waals surface area contributed by atoms with Crippen LogP contribution >= 0.6 is 0 Å². The average Bonchev–Trinajstić information content (AvgIpc) is 3.29. The van der Waals surface area contributed by atoms with E-state index in [4.69, 9.17) is 0 Å². The van der Waals surface area contributed by atoms with Gasteiger partial charge in [-0.15, -0.1) is 0 Å². The number of aromatic amines is 1. The van der Waals surface area contributed by atoms with Crippen LogP contribution in [0.15, 0.2) is 71.5 Å². The van der Waals surface area contributed by atoms with Crippen molar-refractivity contribution in [3.63, 3.8) is 0 Å². The fraction of sp³-hybridized carbons (Fsp3) is 0.258.